The van der Waals surface area contributed by atoms with E-state index in [2.05, 4.69) is 4.90 Å². The van der Waals surface area contributed by atoms with Gasteiger partial charge in [0.05, 0.1) is 19.3 Å². The fraction of sp³-hybridized carbons (Fsp3) is 0.917. The number of nitrogens with zero attached hydrogens (tertiary/aromatic N) is 2. The number of likely N-dealkylation sites (tertiary alicyclic amines) is 1. The summed E-state index contributed by atoms with van der Waals surface area (Å²) in [6, 6.07) is 0.132. The van der Waals surface area contributed by atoms with Crippen molar-refractivity contribution < 1.29 is 28.1 Å². The first-order chi connectivity index (χ1) is 7.79. The molecule has 5 heteroatoms. The van der Waals surface area contributed by atoms with E-state index in [1.807, 2.05) is 25.8 Å². The predicted molar refractivity (Wildman–Crippen MR) is 64.4 cm³/mol. The van der Waals surface area contributed by atoms with Gasteiger partial charge in [0.15, 0.2) is 0 Å². The van der Waals surface area contributed by atoms with Crippen molar-refractivity contribution in [2.75, 3.05) is 39.9 Å². The smallest absolute Gasteiger partial charge is 0.240 e. The molecule has 2 aliphatic rings. The number of likely N-dealkylation sites (N-methyl/N-ethyl adjacent to an activating group) is 1. The van der Waals surface area contributed by atoms with Gasteiger partial charge in [-0.05, 0) is 26.4 Å². The second kappa shape index (κ2) is 8.98. The molecule has 0 aliphatic carbocycles. The van der Waals surface area contributed by atoms with Crippen LogP contribution < -0.4 is 0 Å². The molecule has 2 rings (SSSR count). The molecule has 0 unspecified atom stereocenters. The predicted octanol–water partition coefficient (Wildman–Crippen LogP) is 0.963. The molecule has 4 nitrogen and oxygen atoms in total. The number of carbonyl (C=O) groups excluding carboxylic acids is 1. The Morgan fingerprint density at radius 1 is 1.18 bits per heavy atom. The standard InChI is InChI=1S/C10H18N2O2.C2H6.V/c1-11-4-2-3-9(11)10(13)12-5-7-14-8-6-12;1-2;/h9H,2-8H2,1H3;1-2H3;/t9-;;/m0../s1. The van der Waals surface area contributed by atoms with Crippen molar-refractivity contribution in [2.24, 2.45) is 0 Å². The molecule has 2 heterocycles. The van der Waals surface area contributed by atoms with E-state index >= 15 is 0 Å². The molecule has 0 aromatic rings. The first-order valence-corrected chi connectivity index (χ1v) is 6.36. The third-order valence-electron chi connectivity index (χ3n) is 3.13. The number of hydrogen-bond donors (Lipinski definition) is 0. The van der Waals surface area contributed by atoms with Crippen molar-refractivity contribution in [1.82, 2.24) is 9.80 Å². The minimum absolute atomic E-state index is 0. The van der Waals surface area contributed by atoms with Crippen molar-refractivity contribution in [3.8, 4) is 0 Å². The summed E-state index contributed by atoms with van der Waals surface area (Å²) in [4.78, 5) is 16.1. The van der Waals surface area contributed by atoms with E-state index in [0.29, 0.717) is 19.1 Å². The summed E-state index contributed by atoms with van der Waals surface area (Å²) in [5.41, 5.74) is 0. The summed E-state index contributed by atoms with van der Waals surface area (Å²) in [5.74, 6) is 0.299. The molecule has 99 valence electrons. The van der Waals surface area contributed by atoms with Gasteiger partial charge in [-0.3, -0.25) is 9.69 Å². The summed E-state index contributed by atoms with van der Waals surface area (Å²) in [6.45, 7) is 7.98. The van der Waals surface area contributed by atoms with Crippen LogP contribution in [0.3, 0.4) is 0 Å². The molecule has 1 amide bonds. The summed E-state index contributed by atoms with van der Waals surface area (Å²) in [6.07, 6.45) is 2.17. The van der Waals surface area contributed by atoms with Gasteiger partial charge in [-0.2, -0.15) is 0 Å². The van der Waals surface area contributed by atoms with Gasteiger partial charge in [0.2, 0.25) is 5.91 Å². The number of hydrogen-bond acceptors (Lipinski definition) is 3. The monoisotopic (exact) mass is 279 g/mol. The molecule has 0 N–H and O–H groups in total. The van der Waals surface area contributed by atoms with Gasteiger partial charge in [0, 0.05) is 31.6 Å². The number of morpholine rings is 1. The van der Waals surface area contributed by atoms with Crippen LogP contribution in [0.25, 0.3) is 0 Å². The van der Waals surface area contributed by atoms with Gasteiger partial charge in [0.1, 0.15) is 0 Å². The third kappa shape index (κ3) is 4.62. The van der Waals surface area contributed by atoms with E-state index in [4.69, 9.17) is 4.74 Å². The Kier molecular flexibility index (Phi) is 8.96. The normalized spacial score (nSPS) is 24.6. The minimum Gasteiger partial charge on any atom is -0.378 e. The molecule has 0 aromatic heterocycles. The quantitative estimate of drug-likeness (QED) is 0.717. The van der Waals surface area contributed by atoms with Crippen LogP contribution in [-0.2, 0) is 28.1 Å². The van der Waals surface area contributed by atoms with Crippen LogP contribution in [0.15, 0.2) is 0 Å². The Bertz CT molecular complexity index is 221. The first kappa shape index (κ1) is 17.0. The molecule has 1 atom stereocenters. The molecular formula is C12H24N2O2V. The molecule has 2 fully saturated rings. The minimum atomic E-state index is 0. The zero-order valence-corrected chi connectivity index (χ0v) is 12.6. The van der Waals surface area contributed by atoms with Gasteiger partial charge in [-0.25, -0.2) is 0 Å². The number of amides is 1. The Labute approximate surface area is 117 Å². The van der Waals surface area contributed by atoms with Crippen LogP contribution in [-0.4, -0.2) is 61.6 Å². The van der Waals surface area contributed by atoms with E-state index in [9.17, 15) is 4.79 Å². The Morgan fingerprint density at radius 2 is 1.76 bits per heavy atom. The maximum atomic E-state index is 12.0. The summed E-state index contributed by atoms with van der Waals surface area (Å²) in [5, 5.41) is 0. The summed E-state index contributed by atoms with van der Waals surface area (Å²) < 4.78 is 5.23. The van der Waals surface area contributed by atoms with E-state index in [1.54, 1.807) is 0 Å². The van der Waals surface area contributed by atoms with Gasteiger partial charge < -0.3 is 9.64 Å². The van der Waals surface area contributed by atoms with Crippen molar-refractivity contribution >= 4 is 5.91 Å². The average molecular weight is 279 g/mol. The Hall–Kier alpha value is -0.0256. The van der Waals surface area contributed by atoms with Crippen LogP contribution in [0.5, 0.6) is 0 Å². The Balaban J connectivity index is 0.000000811. The van der Waals surface area contributed by atoms with Crippen LogP contribution in [0.2, 0.25) is 0 Å². The number of rotatable bonds is 1. The zero-order chi connectivity index (χ0) is 12.0. The molecule has 0 bridgehead atoms. The van der Waals surface area contributed by atoms with Gasteiger partial charge in [-0.15, -0.1) is 0 Å². The molecule has 2 saturated heterocycles. The van der Waals surface area contributed by atoms with E-state index in [0.717, 1.165) is 32.5 Å². The second-order valence-corrected chi connectivity index (χ2v) is 4.08. The van der Waals surface area contributed by atoms with Crippen LogP contribution in [0.4, 0.5) is 0 Å². The van der Waals surface area contributed by atoms with Crippen LogP contribution in [0.1, 0.15) is 26.7 Å². The van der Waals surface area contributed by atoms with E-state index in [1.165, 1.54) is 0 Å². The fourth-order valence-electron chi connectivity index (χ4n) is 2.22. The third-order valence-corrected chi connectivity index (χ3v) is 3.13. The largest absolute Gasteiger partial charge is 0.378 e. The Morgan fingerprint density at radius 3 is 2.24 bits per heavy atom. The molecule has 0 aromatic carbocycles. The van der Waals surface area contributed by atoms with Crippen molar-refractivity contribution in [2.45, 2.75) is 32.7 Å². The zero-order valence-electron chi connectivity index (χ0n) is 11.2. The van der Waals surface area contributed by atoms with Crippen molar-refractivity contribution in [1.29, 1.82) is 0 Å². The number of ether oxygens (including phenoxy) is 1. The van der Waals surface area contributed by atoms with Crippen molar-refractivity contribution in [3.63, 3.8) is 0 Å². The molecular weight excluding hydrogens is 255 g/mol. The van der Waals surface area contributed by atoms with Crippen LogP contribution in [0, 0.1) is 0 Å². The van der Waals surface area contributed by atoms with E-state index < -0.39 is 0 Å². The number of carbonyl (C=O) groups is 1. The van der Waals surface area contributed by atoms with E-state index in [-0.39, 0.29) is 24.6 Å². The maximum absolute atomic E-state index is 12.0. The molecule has 17 heavy (non-hydrogen) atoms. The second-order valence-electron chi connectivity index (χ2n) is 4.08. The molecule has 1 radical (unpaired) electrons. The van der Waals surface area contributed by atoms with Crippen LogP contribution >= 0.6 is 0 Å². The fourth-order valence-corrected chi connectivity index (χ4v) is 2.22. The first-order valence-electron chi connectivity index (χ1n) is 6.36. The van der Waals surface area contributed by atoms with Gasteiger partial charge >= 0.3 is 0 Å². The maximum Gasteiger partial charge on any atom is 0.240 e. The van der Waals surface area contributed by atoms with Gasteiger partial charge in [-0.1, -0.05) is 13.8 Å². The summed E-state index contributed by atoms with van der Waals surface area (Å²) >= 11 is 0. The molecule has 0 saturated carbocycles. The average Bonchev–Trinajstić information content (AvgIpc) is 2.78. The van der Waals surface area contributed by atoms with Crippen molar-refractivity contribution in [3.05, 3.63) is 0 Å². The molecule has 0 spiro atoms. The summed E-state index contributed by atoms with van der Waals surface area (Å²) in [7, 11) is 2.04. The van der Waals surface area contributed by atoms with Gasteiger partial charge in [0.25, 0.3) is 0 Å². The SMILES string of the molecule is CC.CN1CCC[C@H]1C(=O)N1CCOCC1.[V]. The molecule has 2 aliphatic heterocycles. The topological polar surface area (TPSA) is 32.8 Å².